The van der Waals surface area contributed by atoms with Crippen LogP contribution in [0.2, 0.25) is 0 Å². The lowest BCUT2D eigenvalue weighted by molar-refractivity contribution is -0.111. The van der Waals surface area contributed by atoms with Crippen molar-refractivity contribution in [3.8, 4) is 0 Å². The van der Waals surface area contributed by atoms with Crippen LogP contribution in [-0.4, -0.2) is 41.7 Å². The molecule has 1 rings (SSSR count). The van der Waals surface area contributed by atoms with E-state index in [1.54, 1.807) is 17.6 Å². The van der Waals surface area contributed by atoms with Crippen LogP contribution in [0.1, 0.15) is 6.92 Å². The molecule has 20 heavy (non-hydrogen) atoms. The molecule has 0 aliphatic rings. The van der Waals surface area contributed by atoms with Crippen LogP contribution in [-0.2, 0) is 4.79 Å². The second kappa shape index (κ2) is 8.79. The zero-order valence-electron chi connectivity index (χ0n) is 11.1. The van der Waals surface area contributed by atoms with Gasteiger partial charge in [0.05, 0.1) is 5.69 Å². The first-order chi connectivity index (χ1) is 9.62. The Bertz CT molecular complexity index is 457. The minimum Gasteiger partial charge on any atom is -0.369 e. The summed E-state index contributed by atoms with van der Waals surface area (Å²) >= 11 is 11.5. The van der Waals surface area contributed by atoms with E-state index in [1.165, 1.54) is 6.92 Å². The van der Waals surface area contributed by atoms with E-state index in [0.717, 1.165) is 5.69 Å². The van der Waals surface area contributed by atoms with Crippen LogP contribution in [0.5, 0.6) is 0 Å². The average Bonchev–Trinajstić information content (AvgIpc) is 2.45. The number of nitrogens with zero attached hydrogens (tertiary/aromatic N) is 2. The first-order valence-corrected chi connectivity index (χ1v) is 7.16. The smallest absolute Gasteiger partial charge is 0.196 e. The largest absolute Gasteiger partial charge is 0.369 e. The number of Topliss-reactive ketones (excluding diaryl/α,β-unsaturated/α-hetero) is 1. The molecule has 0 radical (unpaired) electrons. The van der Waals surface area contributed by atoms with Gasteiger partial charge in [0.2, 0.25) is 0 Å². The summed E-state index contributed by atoms with van der Waals surface area (Å²) in [5, 5.41) is 8.80. The molecule has 0 atom stereocenters. The lowest BCUT2D eigenvalue weighted by Gasteiger charge is -2.22. The monoisotopic (exact) mass is 317 g/mol. The topological polar surface area (TPSA) is 64.9 Å². The van der Waals surface area contributed by atoms with E-state index in [9.17, 15) is 4.79 Å². The van der Waals surface area contributed by atoms with E-state index in [0.29, 0.717) is 30.5 Å². The van der Waals surface area contributed by atoms with Crippen molar-refractivity contribution in [3.63, 3.8) is 0 Å². The van der Waals surface area contributed by atoms with Gasteiger partial charge in [-0.15, -0.1) is 23.2 Å². The molecule has 0 amide bonds. The van der Waals surface area contributed by atoms with Gasteiger partial charge in [-0.3, -0.25) is 10.0 Å². The van der Waals surface area contributed by atoms with Crippen molar-refractivity contribution in [1.82, 2.24) is 5.48 Å². The predicted octanol–water partition coefficient (Wildman–Crippen LogP) is 2.57. The molecule has 0 aliphatic carbocycles. The first-order valence-electron chi connectivity index (χ1n) is 6.09. The molecule has 0 aliphatic heterocycles. The number of carbonyl (C=O) groups is 1. The number of anilines is 1. The highest BCUT2D eigenvalue weighted by Gasteiger charge is 2.07. The van der Waals surface area contributed by atoms with Crippen molar-refractivity contribution in [2.45, 2.75) is 6.92 Å². The van der Waals surface area contributed by atoms with E-state index in [4.69, 9.17) is 28.4 Å². The molecule has 110 valence electrons. The van der Waals surface area contributed by atoms with Crippen molar-refractivity contribution >= 4 is 46.2 Å². The van der Waals surface area contributed by atoms with Crippen LogP contribution in [0.15, 0.2) is 29.3 Å². The number of alkyl halides is 2. The highest BCUT2D eigenvalue weighted by Crippen LogP contribution is 2.20. The fraction of sp³-hybridized carbons (Fsp3) is 0.385. The molecule has 0 saturated carbocycles. The number of hydroxylamine groups is 1. The Hall–Kier alpha value is -1.30. The molecule has 7 heteroatoms. The third kappa shape index (κ3) is 5.00. The Morgan fingerprint density at radius 3 is 2.20 bits per heavy atom. The Balaban J connectivity index is 2.89. The average molecular weight is 318 g/mol. The van der Waals surface area contributed by atoms with E-state index in [1.807, 2.05) is 12.1 Å². The summed E-state index contributed by atoms with van der Waals surface area (Å²) in [6.45, 7) is 2.72. The highest BCUT2D eigenvalue weighted by atomic mass is 35.5. The summed E-state index contributed by atoms with van der Waals surface area (Å²) in [5.74, 6) is 0.581. The second-order valence-corrected chi connectivity index (χ2v) is 4.77. The molecular weight excluding hydrogens is 301 g/mol. The summed E-state index contributed by atoms with van der Waals surface area (Å²) in [6.07, 6.45) is 0. The van der Waals surface area contributed by atoms with Gasteiger partial charge in [-0.05, 0) is 24.3 Å². The quantitative estimate of drug-likeness (QED) is 0.351. The maximum atomic E-state index is 11.1. The lowest BCUT2D eigenvalue weighted by Crippen LogP contribution is -2.27. The molecule has 0 bridgehead atoms. The van der Waals surface area contributed by atoms with Gasteiger partial charge in [-0.25, -0.2) is 10.5 Å². The first kappa shape index (κ1) is 16.8. The number of benzene rings is 1. The summed E-state index contributed by atoms with van der Waals surface area (Å²) < 4.78 is 0. The van der Waals surface area contributed by atoms with Crippen LogP contribution in [0.25, 0.3) is 0 Å². The summed E-state index contributed by atoms with van der Waals surface area (Å²) in [6, 6.07) is 7.25. The Morgan fingerprint density at radius 2 is 1.80 bits per heavy atom. The molecule has 0 spiro atoms. The number of aliphatic imine (C=N–C) groups is 1. The molecule has 0 fully saturated rings. The second-order valence-electron chi connectivity index (χ2n) is 4.01. The number of rotatable bonds is 7. The van der Waals surface area contributed by atoms with Crippen LogP contribution < -0.4 is 10.4 Å². The SMILES string of the molecule is CC(=O)C(=Nc1ccc(N(CCCl)CCCl)cc1)NO. The number of amidine groups is 1. The van der Waals surface area contributed by atoms with Crippen molar-refractivity contribution < 1.29 is 10.0 Å². The van der Waals surface area contributed by atoms with E-state index in [2.05, 4.69) is 9.89 Å². The zero-order valence-corrected chi connectivity index (χ0v) is 12.7. The van der Waals surface area contributed by atoms with Gasteiger partial charge >= 0.3 is 0 Å². The van der Waals surface area contributed by atoms with Crippen LogP contribution in [0, 0.1) is 0 Å². The normalized spacial score (nSPS) is 11.3. The van der Waals surface area contributed by atoms with Gasteiger partial charge in [0, 0.05) is 37.5 Å². The molecule has 2 N–H and O–H groups in total. The van der Waals surface area contributed by atoms with Crippen molar-refractivity contribution in [1.29, 1.82) is 0 Å². The van der Waals surface area contributed by atoms with E-state index in [-0.39, 0.29) is 11.6 Å². The third-order valence-corrected chi connectivity index (χ3v) is 2.94. The summed E-state index contributed by atoms with van der Waals surface area (Å²) in [5.41, 5.74) is 3.33. The van der Waals surface area contributed by atoms with E-state index >= 15 is 0 Å². The lowest BCUT2D eigenvalue weighted by atomic mass is 10.2. The number of nitrogens with one attached hydrogen (secondary N) is 1. The van der Waals surface area contributed by atoms with Gasteiger partial charge in [0.15, 0.2) is 11.6 Å². The standard InChI is InChI=1S/C13H17Cl2N3O2/c1-10(19)13(17-20)16-11-2-4-12(5-3-11)18(8-6-14)9-7-15/h2-5,20H,6-9H2,1H3,(H,16,17). The number of hydrogen-bond acceptors (Lipinski definition) is 4. The molecule has 1 aromatic rings. The molecule has 0 saturated heterocycles. The Morgan fingerprint density at radius 1 is 1.25 bits per heavy atom. The van der Waals surface area contributed by atoms with Crippen molar-refractivity contribution in [2.75, 3.05) is 29.7 Å². The Kier molecular flexibility index (Phi) is 7.36. The number of hydrogen-bond donors (Lipinski definition) is 2. The minimum absolute atomic E-state index is 0.101. The van der Waals surface area contributed by atoms with Crippen LogP contribution in [0.4, 0.5) is 11.4 Å². The third-order valence-electron chi connectivity index (χ3n) is 2.60. The molecular formula is C13H17Cl2N3O2. The van der Waals surface area contributed by atoms with Gasteiger partial charge in [-0.1, -0.05) is 0 Å². The van der Waals surface area contributed by atoms with E-state index < -0.39 is 0 Å². The van der Waals surface area contributed by atoms with Gasteiger partial charge in [0.1, 0.15) is 0 Å². The summed E-state index contributed by atoms with van der Waals surface area (Å²) in [7, 11) is 0. The van der Waals surface area contributed by atoms with Crippen LogP contribution >= 0.6 is 23.2 Å². The molecule has 0 aromatic heterocycles. The maximum Gasteiger partial charge on any atom is 0.196 e. The number of ketones is 1. The van der Waals surface area contributed by atoms with Gasteiger partial charge in [-0.2, -0.15) is 0 Å². The summed E-state index contributed by atoms with van der Waals surface area (Å²) in [4.78, 5) is 17.2. The maximum absolute atomic E-state index is 11.1. The van der Waals surface area contributed by atoms with Gasteiger partial charge in [0.25, 0.3) is 0 Å². The molecule has 0 unspecified atom stereocenters. The molecule has 0 heterocycles. The fourth-order valence-electron chi connectivity index (χ4n) is 1.62. The van der Waals surface area contributed by atoms with Crippen molar-refractivity contribution in [2.24, 2.45) is 4.99 Å². The molecule has 1 aromatic carbocycles. The minimum atomic E-state index is -0.345. The predicted molar refractivity (Wildman–Crippen MR) is 82.8 cm³/mol. The molecule has 5 nitrogen and oxygen atoms in total. The fourth-order valence-corrected chi connectivity index (χ4v) is 2.03. The number of carbonyl (C=O) groups excluding carboxylic acids is 1. The number of halogens is 2. The zero-order chi connectivity index (χ0) is 15.0. The van der Waals surface area contributed by atoms with Crippen LogP contribution in [0.3, 0.4) is 0 Å². The highest BCUT2D eigenvalue weighted by molar-refractivity contribution is 6.38. The van der Waals surface area contributed by atoms with Gasteiger partial charge < -0.3 is 4.90 Å². The van der Waals surface area contributed by atoms with Crippen molar-refractivity contribution in [3.05, 3.63) is 24.3 Å². The Labute approximate surface area is 128 Å².